The number of carbonyl (C=O) groups is 3. The number of hydrogen-bond donors (Lipinski definition) is 3. The number of nitrogen functional groups attached to an aromatic ring is 1. The van der Waals surface area contributed by atoms with Crippen molar-refractivity contribution < 1.29 is 28.7 Å². The first-order chi connectivity index (χ1) is 17.7. The third-order valence-electron chi connectivity index (χ3n) is 5.33. The van der Waals surface area contributed by atoms with Crippen LogP contribution in [0, 0.1) is 0 Å². The largest absolute Gasteiger partial charge is 0.477 e. The number of oxazole rings is 1. The summed E-state index contributed by atoms with van der Waals surface area (Å²) in [6.07, 6.45) is 1.13. The van der Waals surface area contributed by atoms with E-state index in [9.17, 15) is 19.5 Å². The summed E-state index contributed by atoms with van der Waals surface area (Å²) in [5.74, 6) is -1.92. The van der Waals surface area contributed by atoms with Crippen LogP contribution in [0.3, 0.4) is 0 Å². The van der Waals surface area contributed by atoms with E-state index < -0.39 is 29.2 Å². The number of nitrogens with zero attached hydrogens (tertiary/aromatic N) is 8. The van der Waals surface area contributed by atoms with Gasteiger partial charge in [-0.05, 0) is 30.1 Å². The summed E-state index contributed by atoms with van der Waals surface area (Å²) in [5, 5.41) is 27.8. The van der Waals surface area contributed by atoms with Gasteiger partial charge in [-0.25, -0.2) is 9.48 Å². The number of likely N-dealkylation sites (N-methyl/N-ethyl adjacent to an activating group) is 1. The number of rotatable bonds is 11. The van der Waals surface area contributed by atoms with Gasteiger partial charge in [-0.1, -0.05) is 16.9 Å². The number of carboxylic acid groups (broad SMARTS) is 1. The molecule has 1 saturated heterocycles. The minimum atomic E-state index is -1.23. The van der Waals surface area contributed by atoms with Crippen LogP contribution in [0.2, 0.25) is 0 Å². The first-order valence-electron chi connectivity index (χ1n) is 10.8. The molecule has 0 aromatic carbocycles. The Kier molecular flexibility index (Phi) is 7.98. The van der Waals surface area contributed by atoms with Crippen LogP contribution >= 0.6 is 23.5 Å². The van der Waals surface area contributed by atoms with Gasteiger partial charge in [-0.15, -0.1) is 16.9 Å². The smallest absolute Gasteiger partial charge is 0.352 e. The molecular weight excluding hydrogens is 528 g/mol. The number of β-lactam (4-membered cyclic amide) rings is 1. The molecule has 0 unspecified atom stereocenters. The molecule has 0 bridgehead atoms. The second-order valence-electron chi connectivity index (χ2n) is 8.09. The van der Waals surface area contributed by atoms with Gasteiger partial charge in [0.15, 0.2) is 5.71 Å². The number of anilines is 1. The molecule has 2 aliphatic rings. The van der Waals surface area contributed by atoms with Gasteiger partial charge in [-0.2, -0.15) is 4.98 Å². The Hall–Kier alpha value is -3.64. The minimum Gasteiger partial charge on any atom is -0.477 e. The van der Waals surface area contributed by atoms with Crippen LogP contribution in [-0.4, -0.2) is 114 Å². The summed E-state index contributed by atoms with van der Waals surface area (Å²) in [4.78, 5) is 49.7. The van der Waals surface area contributed by atoms with Crippen LogP contribution in [0.25, 0.3) is 0 Å². The zero-order chi connectivity index (χ0) is 26.7. The molecule has 0 radical (unpaired) electrons. The molecule has 0 saturated carbocycles. The normalized spacial score (nSPS) is 19.6. The lowest BCUT2D eigenvalue weighted by Crippen LogP contribution is -2.71. The molecular formula is C19H24N10O6S2. The van der Waals surface area contributed by atoms with Crippen molar-refractivity contribution in [2.45, 2.75) is 23.1 Å². The second-order valence-corrected chi connectivity index (χ2v) is 10.1. The Morgan fingerprint density at radius 1 is 1.46 bits per heavy atom. The van der Waals surface area contributed by atoms with Crippen LogP contribution < -0.4 is 11.1 Å². The number of fused-ring (bicyclic) bond motifs is 1. The van der Waals surface area contributed by atoms with Gasteiger partial charge >= 0.3 is 5.97 Å². The van der Waals surface area contributed by atoms with Crippen molar-refractivity contribution in [1.29, 1.82) is 0 Å². The van der Waals surface area contributed by atoms with Crippen molar-refractivity contribution in [3.8, 4) is 0 Å². The number of oxime groups is 1. The van der Waals surface area contributed by atoms with E-state index in [0.717, 1.165) is 12.8 Å². The number of nitrogens with two attached hydrogens (primary N) is 1. The third kappa shape index (κ3) is 5.54. The Bertz CT molecular complexity index is 1260. The minimum absolute atomic E-state index is 0.0233. The Balaban J connectivity index is 1.46. The van der Waals surface area contributed by atoms with Crippen molar-refractivity contribution in [3.05, 3.63) is 23.2 Å². The SMILES string of the molecule is CO/N=C(/C(=O)N[C@@H]1C(=O)N2C(C(=O)O)=C(CSc3nnnn3CCN(C)C)CS[C@H]12)c1coc(N)n1. The van der Waals surface area contributed by atoms with Crippen LogP contribution in [0.15, 0.2) is 32.3 Å². The molecule has 2 atom stereocenters. The van der Waals surface area contributed by atoms with Gasteiger partial charge in [0, 0.05) is 18.1 Å². The monoisotopic (exact) mass is 552 g/mol. The predicted molar refractivity (Wildman–Crippen MR) is 131 cm³/mol. The average Bonchev–Trinajstić information content (AvgIpc) is 3.50. The zero-order valence-electron chi connectivity index (χ0n) is 20.0. The van der Waals surface area contributed by atoms with Gasteiger partial charge in [0.25, 0.3) is 17.8 Å². The third-order valence-corrected chi connectivity index (χ3v) is 7.72. The van der Waals surface area contributed by atoms with E-state index in [1.54, 1.807) is 4.68 Å². The summed E-state index contributed by atoms with van der Waals surface area (Å²) < 4.78 is 6.55. The highest BCUT2D eigenvalue weighted by Crippen LogP contribution is 2.41. The number of tetrazole rings is 1. The molecule has 4 rings (SSSR count). The van der Waals surface area contributed by atoms with Crippen molar-refractivity contribution in [2.24, 2.45) is 5.16 Å². The number of thioether (sulfide) groups is 2. The second kappa shape index (κ2) is 11.2. The van der Waals surface area contributed by atoms with Crippen molar-refractivity contribution in [1.82, 2.24) is 40.3 Å². The molecule has 0 spiro atoms. The standard InChI is InChI=1S/C19H24N10O6S2/c1-27(2)4-5-28-19(23-25-26-28)37-8-9-7-36-16-12(15(31)29(16)13(9)17(32)33)22-14(30)11(24-34-3)10-6-35-18(20)21-10/h6,12,16H,4-5,7-8H2,1-3H3,(H2,20,21)(H,22,30)(H,32,33)/b24-11+/t12-,16-/m1/s1. The number of carboxylic acids is 1. The van der Waals surface area contributed by atoms with Gasteiger partial charge < -0.3 is 30.3 Å². The summed E-state index contributed by atoms with van der Waals surface area (Å²) >= 11 is 2.63. The van der Waals surface area contributed by atoms with E-state index >= 15 is 0 Å². The highest BCUT2D eigenvalue weighted by molar-refractivity contribution is 8.01. The average molecular weight is 553 g/mol. The molecule has 2 aromatic heterocycles. The van der Waals surface area contributed by atoms with Crippen molar-refractivity contribution in [2.75, 3.05) is 45.0 Å². The van der Waals surface area contributed by atoms with E-state index in [4.69, 9.17) is 15.0 Å². The number of carbonyl (C=O) groups excluding carboxylic acids is 2. The molecule has 198 valence electrons. The van der Waals surface area contributed by atoms with Gasteiger partial charge in [0.1, 0.15) is 36.2 Å². The molecule has 37 heavy (non-hydrogen) atoms. The number of hydrogen-bond acceptors (Lipinski definition) is 14. The van der Waals surface area contributed by atoms with Crippen molar-refractivity contribution in [3.63, 3.8) is 0 Å². The summed E-state index contributed by atoms with van der Waals surface area (Å²) in [6.45, 7) is 1.31. The quantitative estimate of drug-likeness (QED) is 0.128. The molecule has 18 heteroatoms. The highest BCUT2D eigenvalue weighted by Gasteiger charge is 2.54. The molecule has 4 heterocycles. The first kappa shape index (κ1) is 26.4. The lowest BCUT2D eigenvalue weighted by atomic mass is 10.0. The molecule has 2 aromatic rings. The van der Waals surface area contributed by atoms with Gasteiger partial charge in [-0.3, -0.25) is 14.5 Å². The number of aliphatic carboxylic acids is 1. The lowest BCUT2D eigenvalue weighted by Gasteiger charge is -2.49. The predicted octanol–water partition coefficient (Wildman–Crippen LogP) is -1.31. The Morgan fingerprint density at radius 2 is 2.24 bits per heavy atom. The zero-order valence-corrected chi connectivity index (χ0v) is 21.7. The number of aromatic nitrogens is 5. The maximum atomic E-state index is 13.0. The fraction of sp³-hybridized carbons (Fsp3) is 0.474. The van der Waals surface area contributed by atoms with Gasteiger partial charge in [0.2, 0.25) is 5.16 Å². The molecule has 1 fully saturated rings. The summed E-state index contributed by atoms with van der Waals surface area (Å²) in [7, 11) is 5.12. The fourth-order valence-corrected chi connectivity index (χ4v) is 5.97. The van der Waals surface area contributed by atoms with E-state index in [2.05, 4.69) is 31.0 Å². The topological polar surface area (TPSA) is 207 Å². The maximum Gasteiger partial charge on any atom is 0.352 e. The van der Waals surface area contributed by atoms with E-state index in [1.165, 1.54) is 35.5 Å². The van der Waals surface area contributed by atoms with Crippen LogP contribution in [0.5, 0.6) is 0 Å². The van der Waals surface area contributed by atoms with E-state index in [0.29, 0.717) is 23.0 Å². The molecule has 2 aliphatic heterocycles. The Morgan fingerprint density at radius 3 is 2.89 bits per heavy atom. The van der Waals surface area contributed by atoms with Crippen LogP contribution in [0.4, 0.5) is 6.01 Å². The molecule has 0 aliphatic carbocycles. The van der Waals surface area contributed by atoms with E-state index in [1.807, 2.05) is 19.0 Å². The lowest BCUT2D eigenvalue weighted by molar-refractivity contribution is -0.150. The molecule has 4 N–H and O–H groups in total. The van der Waals surface area contributed by atoms with Crippen LogP contribution in [0.1, 0.15) is 5.69 Å². The first-order valence-corrected chi connectivity index (χ1v) is 12.8. The maximum absolute atomic E-state index is 13.0. The number of amides is 2. The Labute approximate surface area is 218 Å². The summed E-state index contributed by atoms with van der Waals surface area (Å²) in [5.41, 5.74) is 5.69. The fourth-order valence-electron chi connectivity index (χ4n) is 3.58. The van der Waals surface area contributed by atoms with Crippen LogP contribution in [-0.2, 0) is 25.8 Å². The summed E-state index contributed by atoms with van der Waals surface area (Å²) in [6, 6.07) is -1.14. The van der Waals surface area contributed by atoms with E-state index in [-0.39, 0.29) is 28.9 Å². The van der Waals surface area contributed by atoms with Gasteiger partial charge in [0.05, 0.1) is 6.54 Å². The number of nitrogens with one attached hydrogen (secondary N) is 1. The molecule has 16 nitrogen and oxygen atoms in total. The molecule has 2 amide bonds. The highest BCUT2D eigenvalue weighted by atomic mass is 32.2. The van der Waals surface area contributed by atoms with Crippen molar-refractivity contribution >= 4 is 53.0 Å².